The number of anilines is 1. The van der Waals surface area contributed by atoms with E-state index in [-0.39, 0.29) is 16.6 Å². The Morgan fingerprint density at radius 1 is 1.18 bits per heavy atom. The molecule has 2 heterocycles. The number of hydrogen-bond acceptors (Lipinski definition) is 8. The highest BCUT2D eigenvalue weighted by Gasteiger charge is 2.27. The van der Waals surface area contributed by atoms with Crippen molar-refractivity contribution in [3.8, 4) is 11.5 Å². The Bertz CT molecular complexity index is 1180. The first-order chi connectivity index (χ1) is 13.2. The molecule has 146 valence electrons. The van der Waals surface area contributed by atoms with Gasteiger partial charge in [-0.05, 0) is 25.5 Å². The van der Waals surface area contributed by atoms with Crippen LogP contribution in [0, 0.1) is 6.92 Å². The molecule has 0 spiro atoms. The first kappa shape index (κ1) is 19.6. The molecule has 0 amide bonds. The fourth-order valence-corrected chi connectivity index (χ4v) is 3.42. The smallest absolute Gasteiger partial charge is 0.332 e. The van der Waals surface area contributed by atoms with Crippen LogP contribution in [0.25, 0.3) is 11.5 Å². The van der Waals surface area contributed by atoms with Crippen LogP contribution in [0.4, 0.5) is 5.82 Å². The van der Waals surface area contributed by atoms with E-state index >= 15 is 0 Å². The molecule has 0 aliphatic heterocycles. The summed E-state index contributed by atoms with van der Waals surface area (Å²) in [6, 6.07) is 7.56. The Hall–Kier alpha value is -3.14. The minimum absolute atomic E-state index is 0.170. The minimum atomic E-state index is -0.732. The maximum atomic E-state index is 12.8. The van der Waals surface area contributed by atoms with Crippen molar-refractivity contribution in [3.05, 3.63) is 56.2 Å². The van der Waals surface area contributed by atoms with Gasteiger partial charge in [-0.25, -0.2) is 4.79 Å². The third kappa shape index (κ3) is 3.38. The van der Waals surface area contributed by atoms with Crippen LogP contribution in [0.2, 0.25) is 0 Å². The number of thioether (sulfide) groups is 1. The number of nitrogen functional groups attached to an aromatic ring is 1. The molecular formula is C18H19N5O4S. The van der Waals surface area contributed by atoms with Crippen LogP contribution in [-0.4, -0.2) is 30.4 Å². The summed E-state index contributed by atoms with van der Waals surface area (Å²) in [5.74, 6) is -0.344. The number of aromatic nitrogens is 4. The molecular weight excluding hydrogens is 382 g/mol. The number of carbonyl (C=O) groups is 1. The van der Waals surface area contributed by atoms with Crippen LogP contribution >= 0.6 is 11.8 Å². The van der Waals surface area contributed by atoms with E-state index in [2.05, 4.69) is 10.2 Å². The first-order valence-corrected chi connectivity index (χ1v) is 9.26. The second-order valence-corrected chi connectivity index (χ2v) is 7.57. The van der Waals surface area contributed by atoms with E-state index in [1.807, 2.05) is 31.2 Å². The molecule has 1 atom stereocenters. The Morgan fingerprint density at radius 2 is 1.86 bits per heavy atom. The number of aryl methyl sites for hydroxylation is 1. The molecule has 2 aromatic heterocycles. The van der Waals surface area contributed by atoms with Crippen molar-refractivity contribution in [1.29, 1.82) is 0 Å². The molecule has 0 radical (unpaired) electrons. The van der Waals surface area contributed by atoms with E-state index in [0.717, 1.165) is 32.0 Å². The Kier molecular flexibility index (Phi) is 5.23. The standard InChI is InChI=1S/C18H19N5O4S/c1-9-7-5-6-8-11(9)15-20-21-17(27-15)28-10(2)13(24)12-14(19)22(3)18(26)23(4)16(12)25/h5-8,10H,19H2,1-4H3. The molecule has 0 fully saturated rings. The van der Waals surface area contributed by atoms with Gasteiger partial charge in [0.1, 0.15) is 11.4 Å². The van der Waals surface area contributed by atoms with Crippen molar-refractivity contribution in [2.45, 2.75) is 24.3 Å². The van der Waals surface area contributed by atoms with Gasteiger partial charge in [-0.3, -0.25) is 18.7 Å². The van der Waals surface area contributed by atoms with Gasteiger partial charge in [0.2, 0.25) is 5.89 Å². The molecule has 2 N–H and O–H groups in total. The molecule has 0 aliphatic rings. The molecule has 3 aromatic rings. The summed E-state index contributed by atoms with van der Waals surface area (Å²) < 4.78 is 7.57. The van der Waals surface area contributed by atoms with Crippen LogP contribution in [0.15, 0.2) is 43.5 Å². The molecule has 9 nitrogen and oxygen atoms in total. The molecule has 1 aromatic carbocycles. The van der Waals surface area contributed by atoms with Gasteiger partial charge in [-0.15, -0.1) is 10.2 Å². The third-order valence-corrected chi connectivity index (χ3v) is 5.32. The Labute approximate surface area is 164 Å². The van der Waals surface area contributed by atoms with Crippen LogP contribution < -0.4 is 17.0 Å². The quantitative estimate of drug-likeness (QED) is 0.502. The Balaban J connectivity index is 1.88. The van der Waals surface area contributed by atoms with Gasteiger partial charge in [0, 0.05) is 19.7 Å². The highest BCUT2D eigenvalue weighted by molar-refractivity contribution is 8.00. The zero-order chi connectivity index (χ0) is 20.6. The summed E-state index contributed by atoms with van der Waals surface area (Å²) in [5, 5.41) is 7.46. The van der Waals surface area contributed by atoms with E-state index in [0.29, 0.717) is 5.89 Å². The van der Waals surface area contributed by atoms with Crippen molar-refractivity contribution in [1.82, 2.24) is 19.3 Å². The Morgan fingerprint density at radius 3 is 2.54 bits per heavy atom. The van der Waals surface area contributed by atoms with Crippen molar-refractivity contribution >= 4 is 23.4 Å². The van der Waals surface area contributed by atoms with Gasteiger partial charge >= 0.3 is 5.69 Å². The number of nitrogens with zero attached hydrogens (tertiary/aromatic N) is 4. The lowest BCUT2D eigenvalue weighted by Crippen LogP contribution is -2.42. The fourth-order valence-electron chi connectivity index (χ4n) is 2.68. The zero-order valence-electron chi connectivity index (χ0n) is 15.8. The van der Waals surface area contributed by atoms with Gasteiger partial charge in [0.25, 0.3) is 10.8 Å². The topological polar surface area (TPSA) is 126 Å². The number of Topliss-reactive ketones (excluding diaryl/α,β-unsaturated/α-hetero) is 1. The highest BCUT2D eigenvalue weighted by atomic mass is 32.2. The van der Waals surface area contributed by atoms with E-state index < -0.39 is 22.3 Å². The summed E-state index contributed by atoms with van der Waals surface area (Å²) >= 11 is 1.02. The van der Waals surface area contributed by atoms with Gasteiger partial charge < -0.3 is 10.2 Å². The van der Waals surface area contributed by atoms with Crippen molar-refractivity contribution < 1.29 is 9.21 Å². The summed E-state index contributed by atoms with van der Waals surface area (Å²) in [7, 11) is 2.70. The molecule has 0 aliphatic carbocycles. The van der Waals surface area contributed by atoms with Crippen molar-refractivity contribution in [3.63, 3.8) is 0 Å². The monoisotopic (exact) mass is 401 g/mol. The maximum Gasteiger partial charge on any atom is 0.332 e. The van der Waals surface area contributed by atoms with Gasteiger partial charge in [0.05, 0.1) is 5.25 Å². The number of carbonyl (C=O) groups excluding carboxylic acids is 1. The maximum absolute atomic E-state index is 12.8. The van der Waals surface area contributed by atoms with Gasteiger partial charge in [0.15, 0.2) is 5.78 Å². The summed E-state index contributed by atoms with van der Waals surface area (Å²) in [4.78, 5) is 37.1. The lowest BCUT2D eigenvalue weighted by Gasteiger charge is -2.13. The minimum Gasteiger partial charge on any atom is -0.411 e. The molecule has 3 rings (SSSR count). The predicted octanol–water partition coefficient (Wildman–Crippen LogP) is 1.39. The van der Waals surface area contributed by atoms with Gasteiger partial charge in [-0.1, -0.05) is 30.0 Å². The van der Waals surface area contributed by atoms with Gasteiger partial charge in [-0.2, -0.15) is 0 Å². The molecule has 28 heavy (non-hydrogen) atoms. The second-order valence-electron chi connectivity index (χ2n) is 6.28. The van der Waals surface area contributed by atoms with Crippen LogP contribution in [0.1, 0.15) is 22.8 Å². The number of benzene rings is 1. The van der Waals surface area contributed by atoms with Crippen LogP contribution in [0.5, 0.6) is 0 Å². The number of hydrogen-bond donors (Lipinski definition) is 1. The highest BCUT2D eigenvalue weighted by Crippen LogP contribution is 2.29. The largest absolute Gasteiger partial charge is 0.411 e. The van der Waals surface area contributed by atoms with Crippen LogP contribution in [0.3, 0.4) is 0 Å². The van der Waals surface area contributed by atoms with E-state index in [4.69, 9.17) is 10.2 Å². The number of nitrogens with two attached hydrogens (primary N) is 1. The fraction of sp³-hybridized carbons (Fsp3) is 0.278. The zero-order valence-corrected chi connectivity index (χ0v) is 16.6. The van der Waals surface area contributed by atoms with E-state index in [1.54, 1.807) is 6.92 Å². The predicted molar refractivity (Wildman–Crippen MR) is 105 cm³/mol. The summed E-state index contributed by atoms with van der Waals surface area (Å²) in [6.45, 7) is 3.53. The normalized spacial score (nSPS) is 12.1. The summed E-state index contributed by atoms with van der Waals surface area (Å²) in [5.41, 5.74) is 6.07. The van der Waals surface area contributed by atoms with E-state index in [1.165, 1.54) is 14.1 Å². The summed E-state index contributed by atoms with van der Waals surface area (Å²) in [6.07, 6.45) is 0. The van der Waals surface area contributed by atoms with Crippen molar-refractivity contribution in [2.75, 3.05) is 5.73 Å². The SMILES string of the molecule is Cc1ccccc1-c1nnc(SC(C)C(=O)c2c(N)n(C)c(=O)n(C)c2=O)o1. The second kappa shape index (κ2) is 7.47. The molecule has 10 heteroatoms. The first-order valence-electron chi connectivity index (χ1n) is 8.38. The lowest BCUT2D eigenvalue weighted by atomic mass is 10.1. The van der Waals surface area contributed by atoms with Crippen LogP contribution in [-0.2, 0) is 14.1 Å². The molecule has 0 saturated carbocycles. The van der Waals surface area contributed by atoms with Crippen molar-refractivity contribution in [2.24, 2.45) is 14.1 Å². The average molecular weight is 401 g/mol. The molecule has 0 bridgehead atoms. The van der Waals surface area contributed by atoms with E-state index in [9.17, 15) is 14.4 Å². The average Bonchev–Trinajstić information content (AvgIpc) is 3.13. The number of ketones is 1. The number of rotatable bonds is 5. The molecule has 0 saturated heterocycles. The molecule has 1 unspecified atom stereocenters. The third-order valence-electron chi connectivity index (χ3n) is 4.39. The lowest BCUT2D eigenvalue weighted by molar-refractivity contribution is 0.0991.